The highest BCUT2D eigenvalue weighted by atomic mass is 35.5. The molecule has 3 N–H and O–H groups in total. The maximum Gasteiger partial charge on any atom is 0.255 e. The van der Waals surface area contributed by atoms with Crippen LogP contribution < -0.4 is 16.0 Å². The lowest BCUT2D eigenvalue weighted by Crippen LogP contribution is -2.17. The number of benzene rings is 3. The first kappa shape index (κ1) is 23.7. The van der Waals surface area contributed by atoms with Crippen LogP contribution in [0.1, 0.15) is 27.1 Å². The van der Waals surface area contributed by atoms with Crippen molar-refractivity contribution in [1.29, 1.82) is 0 Å². The van der Waals surface area contributed by atoms with Crippen molar-refractivity contribution >= 4 is 46.4 Å². The van der Waals surface area contributed by atoms with Gasteiger partial charge in [0.1, 0.15) is 0 Å². The van der Waals surface area contributed by atoms with Gasteiger partial charge in [0.15, 0.2) is 0 Å². The predicted molar refractivity (Wildman–Crippen MR) is 136 cm³/mol. The normalized spacial score (nSPS) is 10.4. The number of halogens is 1. The third-order valence-electron chi connectivity index (χ3n) is 5.09. The van der Waals surface area contributed by atoms with Crippen LogP contribution in [-0.4, -0.2) is 27.3 Å². The van der Waals surface area contributed by atoms with E-state index >= 15 is 0 Å². The molecule has 4 aromatic rings. The van der Waals surface area contributed by atoms with E-state index in [2.05, 4.69) is 20.9 Å². The standard InChI is InChI=1S/C26H22ClN5O3/c27-20-10-8-18(9-11-20)25(34)30-22-6-1-2-7-23(22)31-26(35)19-4-3-5-21(16-19)29-24(33)12-14-32-15-13-28-17-32/h1-11,13,15-17H,12,14H2,(H,29,33)(H,30,34)(H,31,35). The molecule has 0 aliphatic heterocycles. The van der Waals surface area contributed by atoms with Gasteiger partial charge in [-0.1, -0.05) is 29.8 Å². The Morgan fingerprint density at radius 3 is 2.14 bits per heavy atom. The van der Waals surface area contributed by atoms with Crippen molar-refractivity contribution in [3.05, 3.63) is 108 Å². The average molecular weight is 488 g/mol. The van der Waals surface area contributed by atoms with Crippen LogP contribution in [0.4, 0.5) is 17.1 Å². The zero-order valence-corrected chi connectivity index (χ0v) is 19.3. The Morgan fingerprint density at radius 2 is 1.49 bits per heavy atom. The van der Waals surface area contributed by atoms with Gasteiger partial charge in [0.2, 0.25) is 5.91 Å². The number of carbonyl (C=O) groups excluding carboxylic acids is 3. The molecule has 1 heterocycles. The first-order valence-corrected chi connectivity index (χ1v) is 11.2. The van der Waals surface area contributed by atoms with Gasteiger partial charge in [0, 0.05) is 47.2 Å². The van der Waals surface area contributed by atoms with E-state index < -0.39 is 0 Å². The lowest BCUT2D eigenvalue weighted by atomic mass is 10.1. The number of aromatic nitrogens is 2. The minimum Gasteiger partial charge on any atom is -0.337 e. The summed E-state index contributed by atoms with van der Waals surface area (Å²) in [4.78, 5) is 41.7. The highest BCUT2D eigenvalue weighted by Crippen LogP contribution is 2.23. The zero-order valence-electron chi connectivity index (χ0n) is 18.6. The van der Waals surface area contributed by atoms with E-state index in [9.17, 15) is 14.4 Å². The number of nitrogens with zero attached hydrogens (tertiary/aromatic N) is 2. The summed E-state index contributed by atoms with van der Waals surface area (Å²) in [5.41, 5.74) is 2.19. The highest BCUT2D eigenvalue weighted by Gasteiger charge is 2.13. The zero-order chi connectivity index (χ0) is 24.6. The number of hydrogen-bond donors (Lipinski definition) is 3. The lowest BCUT2D eigenvalue weighted by Gasteiger charge is -2.13. The third-order valence-corrected chi connectivity index (χ3v) is 5.35. The number of para-hydroxylation sites is 2. The summed E-state index contributed by atoms with van der Waals surface area (Å²) >= 11 is 5.89. The molecule has 0 aliphatic rings. The molecule has 3 aromatic carbocycles. The van der Waals surface area contributed by atoms with E-state index in [1.54, 1.807) is 91.5 Å². The molecule has 0 saturated carbocycles. The molecule has 35 heavy (non-hydrogen) atoms. The van der Waals surface area contributed by atoms with Crippen molar-refractivity contribution in [1.82, 2.24) is 9.55 Å². The molecular weight excluding hydrogens is 466 g/mol. The second-order valence-corrected chi connectivity index (χ2v) is 8.08. The SMILES string of the molecule is O=C(CCn1ccnc1)Nc1cccc(C(=O)Nc2ccccc2NC(=O)c2ccc(Cl)cc2)c1. The Morgan fingerprint density at radius 1 is 0.800 bits per heavy atom. The Kier molecular flexibility index (Phi) is 7.54. The fraction of sp³-hybridized carbons (Fsp3) is 0.0769. The summed E-state index contributed by atoms with van der Waals surface area (Å²) in [5.74, 6) is -0.886. The van der Waals surface area contributed by atoms with Gasteiger partial charge in [-0.25, -0.2) is 4.98 Å². The third kappa shape index (κ3) is 6.55. The number of rotatable bonds is 8. The minimum atomic E-state index is -0.382. The van der Waals surface area contributed by atoms with Gasteiger partial charge in [0.25, 0.3) is 11.8 Å². The molecule has 176 valence electrons. The van der Waals surface area contributed by atoms with Gasteiger partial charge in [-0.15, -0.1) is 0 Å². The summed E-state index contributed by atoms with van der Waals surface area (Å²) in [6.45, 7) is 0.504. The lowest BCUT2D eigenvalue weighted by molar-refractivity contribution is -0.116. The largest absolute Gasteiger partial charge is 0.337 e. The Balaban J connectivity index is 1.40. The first-order valence-electron chi connectivity index (χ1n) is 10.8. The first-order chi connectivity index (χ1) is 17.0. The van der Waals surface area contributed by atoms with Gasteiger partial charge in [-0.3, -0.25) is 14.4 Å². The van der Waals surface area contributed by atoms with Crippen molar-refractivity contribution in [3.63, 3.8) is 0 Å². The number of nitrogens with one attached hydrogen (secondary N) is 3. The Hall–Kier alpha value is -4.43. The summed E-state index contributed by atoms with van der Waals surface area (Å²) < 4.78 is 1.81. The number of carbonyl (C=O) groups is 3. The fourth-order valence-electron chi connectivity index (χ4n) is 3.30. The molecule has 8 nitrogen and oxygen atoms in total. The number of imidazole rings is 1. The van der Waals surface area contributed by atoms with Crippen LogP contribution in [0, 0.1) is 0 Å². The molecule has 0 unspecified atom stereocenters. The van der Waals surface area contributed by atoms with Crippen LogP contribution in [0.5, 0.6) is 0 Å². The highest BCUT2D eigenvalue weighted by molar-refractivity contribution is 6.30. The van der Waals surface area contributed by atoms with Gasteiger partial charge >= 0.3 is 0 Å². The summed E-state index contributed by atoms with van der Waals surface area (Å²) in [6.07, 6.45) is 5.36. The minimum absolute atomic E-state index is 0.175. The van der Waals surface area contributed by atoms with Gasteiger partial charge < -0.3 is 20.5 Å². The van der Waals surface area contributed by atoms with Crippen LogP contribution in [0.25, 0.3) is 0 Å². The molecule has 0 bridgehead atoms. The number of amides is 3. The van der Waals surface area contributed by atoms with Crippen molar-refractivity contribution in [2.24, 2.45) is 0 Å². The van der Waals surface area contributed by atoms with E-state index in [4.69, 9.17) is 11.6 Å². The molecule has 1 aromatic heterocycles. The van der Waals surface area contributed by atoms with Crippen LogP contribution in [-0.2, 0) is 11.3 Å². The van der Waals surface area contributed by atoms with Crippen LogP contribution in [0.15, 0.2) is 91.5 Å². The molecule has 0 radical (unpaired) electrons. The Labute approximate surface area is 207 Å². The molecule has 0 spiro atoms. The van der Waals surface area contributed by atoms with E-state index in [-0.39, 0.29) is 24.1 Å². The molecule has 4 rings (SSSR count). The molecule has 0 fully saturated rings. The van der Waals surface area contributed by atoms with E-state index in [1.165, 1.54) is 0 Å². The molecule has 0 aliphatic carbocycles. The van der Waals surface area contributed by atoms with Crippen molar-refractivity contribution in [2.45, 2.75) is 13.0 Å². The van der Waals surface area contributed by atoms with Gasteiger partial charge in [0.05, 0.1) is 17.7 Å². The van der Waals surface area contributed by atoms with E-state index in [0.29, 0.717) is 39.8 Å². The van der Waals surface area contributed by atoms with E-state index in [1.807, 2.05) is 4.57 Å². The van der Waals surface area contributed by atoms with Crippen LogP contribution in [0.3, 0.4) is 0 Å². The summed E-state index contributed by atoms with van der Waals surface area (Å²) in [5, 5.41) is 8.96. The van der Waals surface area contributed by atoms with Gasteiger partial charge in [-0.2, -0.15) is 0 Å². The quantitative estimate of drug-likeness (QED) is 0.322. The molecular formula is C26H22ClN5O3. The maximum absolute atomic E-state index is 12.9. The van der Waals surface area contributed by atoms with Crippen molar-refractivity contribution < 1.29 is 14.4 Å². The predicted octanol–water partition coefficient (Wildman–Crippen LogP) is 5.07. The summed E-state index contributed by atoms with van der Waals surface area (Å²) in [6, 6.07) is 20.0. The number of anilines is 3. The molecule has 9 heteroatoms. The van der Waals surface area contributed by atoms with Crippen molar-refractivity contribution in [2.75, 3.05) is 16.0 Å². The molecule has 3 amide bonds. The van der Waals surface area contributed by atoms with Crippen LogP contribution in [0.2, 0.25) is 5.02 Å². The van der Waals surface area contributed by atoms with Gasteiger partial charge in [-0.05, 0) is 54.6 Å². The maximum atomic E-state index is 12.9. The molecule has 0 saturated heterocycles. The fourth-order valence-corrected chi connectivity index (χ4v) is 3.43. The van der Waals surface area contributed by atoms with Crippen LogP contribution >= 0.6 is 11.6 Å². The smallest absolute Gasteiger partial charge is 0.255 e. The number of aryl methyl sites for hydroxylation is 1. The molecule has 0 atom stereocenters. The summed E-state index contributed by atoms with van der Waals surface area (Å²) in [7, 11) is 0. The second kappa shape index (κ2) is 11.1. The number of hydrogen-bond acceptors (Lipinski definition) is 4. The van der Waals surface area contributed by atoms with Crippen molar-refractivity contribution in [3.8, 4) is 0 Å². The van der Waals surface area contributed by atoms with E-state index in [0.717, 1.165) is 0 Å². The monoisotopic (exact) mass is 487 g/mol. The topological polar surface area (TPSA) is 105 Å². The second-order valence-electron chi connectivity index (χ2n) is 7.64. The Bertz CT molecular complexity index is 1340. The average Bonchev–Trinajstić information content (AvgIpc) is 3.38.